The van der Waals surface area contributed by atoms with E-state index in [-0.39, 0.29) is 12.0 Å². The first-order valence-electron chi connectivity index (χ1n) is 6.25. The highest BCUT2D eigenvalue weighted by Crippen LogP contribution is 2.25. The van der Waals surface area contributed by atoms with Crippen LogP contribution in [-0.2, 0) is 4.79 Å². The zero-order chi connectivity index (χ0) is 15.5. The fourth-order valence-corrected chi connectivity index (χ4v) is 1.66. The third kappa shape index (κ3) is 3.01. The van der Waals surface area contributed by atoms with E-state index in [4.69, 9.17) is 10.5 Å². The average Bonchev–Trinajstić information content (AvgIpc) is 2.40. The lowest BCUT2D eigenvalue weighted by molar-refractivity contribution is -0.143. The van der Waals surface area contributed by atoms with Crippen molar-refractivity contribution < 1.29 is 19.4 Å². The summed E-state index contributed by atoms with van der Waals surface area (Å²) in [6.45, 7) is 4.92. The number of carbonyl (C=O) groups is 2. The Labute approximate surface area is 117 Å². The van der Waals surface area contributed by atoms with Gasteiger partial charge < -0.3 is 20.9 Å². The Kier molecular flexibility index (Phi) is 4.60. The van der Waals surface area contributed by atoms with Crippen LogP contribution in [0.3, 0.4) is 0 Å². The Hall–Kier alpha value is -2.24. The molecule has 0 aromatic heterocycles. The number of carbonyl (C=O) groups excluding carboxylic acids is 1. The number of carboxylic acids is 1. The van der Waals surface area contributed by atoms with Crippen LogP contribution in [0.25, 0.3) is 0 Å². The van der Waals surface area contributed by atoms with Crippen molar-refractivity contribution in [3.05, 3.63) is 23.3 Å². The Morgan fingerprint density at radius 1 is 1.45 bits per heavy atom. The molecule has 6 nitrogen and oxygen atoms in total. The molecular weight excluding hydrogens is 260 g/mol. The van der Waals surface area contributed by atoms with Gasteiger partial charge >= 0.3 is 5.97 Å². The maximum Gasteiger partial charge on any atom is 0.329 e. The van der Waals surface area contributed by atoms with Crippen LogP contribution >= 0.6 is 0 Å². The number of benzene rings is 1. The number of nitrogens with two attached hydrogens (primary N) is 1. The van der Waals surface area contributed by atoms with Crippen LogP contribution in [-0.4, -0.2) is 29.6 Å². The van der Waals surface area contributed by atoms with Gasteiger partial charge in [0.15, 0.2) is 0 Å². The van der Waals surface area contributed by atoms with E-state index in [1.54, 1.807) is 26.0 Å². The molecule has 1 aromatic carbocycles. The number of nitrogen functional groups attached to an aromatic ring is 1. The molecule has 0 aliphatic heterocycles. The van der Waals surface area contributed by atoms with Gasteiger partial charge in [-0.3, -0.25) is 4.79 Å². The number of anilines is 1. The molecule has 0 aliphatic rings. The molecule has 0 bridgehead atoms. The number of rotatable bonds is 5. The Morgan fingerprint density at radius 3 is 2.50 bits per heavy atom. The molecule has 1 aromatic rings. The maximum atomic E-state index is 12.3. The van der Waals surface area contributed by atoms with E-state index < -0.39 is 17.4 Å². The van der Waals surface area contributed by atoms with Crippen LogP contribution in [0.15, 0.2) is 12.1 Å². The summed E-state index contributed by atoms with van der Waals surface area (Å²) in [6, 6.07) is 3.13. The summed E-state index contributed by atoms with van der Waals surface area (Å²) in [6.07, 6.45) is 0.268. The van der Waals surface area contributed by atoms with E-state index in [0.29, 0.717) is 11.4 Å². The highest BCUT2D eigenvalue weighted by atomic mass is 16.5. The van der Waals surface area contributed by atoms with Gasteiger partial charge in [-0.15, -0.1) is 0 Å². The van der Waals surface area contributed by atoms with E-state index in [0.717, 1.165) is 5.56 Å². The van der Waals surface area contributed by atoms with Crippen molar-refractivity contribution in [2.75, 3.05) is 12.8 Å². The van der Waals surface area contributed by atoms with Gasteiger partial charge in [-0.05, 0) is 31.9 Å². The number of hydrogen-bond acceptors (Lipinski definition) is 4. The number of amides is 1. The molecule has 0 saturated heterocycles. The molecule has 6 heteroatoms. The molecule has 0 heterocycles. The zero-order valence-electron chi connectivity index (χ0n) is 12.1. The van der Waals surface area contributed by atoms with E-state index in [9.17, 15) is 14.7 Å². The van der Waals surface area contributed by atoms with Gasteiger partial charge in [0.2, 0.25) is 0 Å². The van der Waals surface area contributed by atoms with Gasteiger partial charge in [0.05, 0.1) is 12.7 Å². The van der Waals surface area contributed by atoms with Crippen LogP contribution in [0.1, 0.15) is 36.2 Å². The number of hydrogen-bond donors (Lipinski definition) is 3. The third-order valence-corrected chi connectivity index (χ3v) is 3.40. The summed E-state index contributed by atoms with van der Waals surface area (Å²) in [5.41, 5.74) is 5.94. The molecule has 4 N–H and O–H groups in total. The van der Waals surface area contributed by atoms with Gasteiger partial charge in [0.25, 0.3) is 5.91 Å². The first-order valence-corrected chi connectivity index (χ1v) is 6.25. The predicted molar refractivity (Wildman–Crippen MR) is 75.9 cm³/mol. The summed E-state index contributed by atoms with van der Waals surface area (Å²) in [5.74, 6) is -1.27. The van der Waals surface area contributed by atoms with E-state index in [2.05, 4.69) is 5.32 Å². The molecule has 0 fully saturated rings. The molecule has 20 heavy (non-hydrogen) atoms. The van der Waals surface area contributed by atoms with Crippen LogP contribution in [0, 0.1) is 6.92 Å². The number of aliphatic carboxylic acids is 1. The number of carboxylic acid groups (broad SMARTS) is 1. The molecule has 0 radical (unpaired) electrons. The van der Waals surface area contributed by atoms with Gasteiger partial charge in [-0.1, -0.05) is 6.92 Å². The van der Waals surface area contributed by atoms with Crippen LogP contribution in [0.2, 0.25) is 0 Å². The highest BCUT2D eigenvalue weighted by Gasteiger charge is 2.33. The second kappa shape index (κ2) is 5.81. The van der Waals surface area contributed by atoms with Gasteiger partial charge in [0.1, 0.15) is 11.3 Å². The summed E-state index contributed by atoms with van der Waals surface area (Å²) < 4.78 is 5.12. The summed E-state index contributed by atoms with van der Waals surface area (Å²) in [7, 11) is 1.43. The molecule has 0 unspecified atom stereocenters. The SMILES string of the molecule is CC[C@@](C)(NC(=O)c1cc(C)c(N)cc1OC)C(=O)O. The van der Waals surface area contributed by atoms with E-state index in [1.807, 2.05) is 0 Å². The lowest BCUT2D eigenvalue weighted by Gasteiger charge is -2.25. The molecule has 0 saturated carbocycles. The first kappa shape index (κ1) is 15.8. The summed E-state index contributed by atoms with van der Waals surface area (Å²) in [4.78, 5) is 23.5. The van der Waals surface area contributed by atoms with Crippen molar-refractivity contribution in [1.29, 1.82) is 0 Å². The van der Waals surface area contributed by atoms with Crippen molar-refractivity contribution in [3.63, 3.8) is 0 Å². The maximum absolute atomic E-state index is 12.3. The standard InChI is InChI=1S/C14H20N2O4/c1-5-14(3,13(18)19)16-12(17)9-6-8(2)10(15)7-11(9)20-4/h6-7H,5,15H2,1-4H3,(H,16,17)(H,18,19)/t14-/m1/s1. The molecule has 0 aliphatic carbocycles. The van der Waals surface area contributed by atoms with E-state index >= 15 is 0 Å². The van der Waals surface area contributed by atoms with Gasteiger partial charge in [-0.2, -0.15) is 0 Å². The molecule has 110 valence electrons. The zero-order valence-corrected chi connectivity index (χ0v) is 12.1. The highest BCUT2D eigenvalue weighted by molar-refractivity contribution is 6.00. The monoisotopic (exact) mass is 280 g/mol. The fourth-order valence-electron chi connectivity index (χ4n) is 1.66. The number of methoxy groups -OCH3 is 1. The minimum atomic E-state index is -1.32. The number of aryl methyl sites for hydroxylation is 1. The number of nitrogens with one attached hydrogen (secondary N) is 1. The number of ether oxygens (including phenoxy) is 1. The van der Waals surface area contributed by atoms with Crippen molar-refractivity contribution >= 4 is 17.6 Å². The fraction of sp³-hybridized carbons (Fsp3) is 0.429. The van der Waals surface area contributed by atoms with Crippen molar-refractivity contribution in [3.8, 4) is 5.75 Å². The normalized spacial score (nSPS) is 13.4. The molecule has 0 spiro atoms. The minimum Gasteiger partial charge on any atom is -0.496 e. The molecule has 1 atom stereocenters. The summed E-state index contributed by atoms with van der Waals surface area (Å²) >= 11 is 0. The van der Waals surface area contributed by atoms with Crippen molar-refractivity contribution in [2.45, 2.75) is 32.7 Å². The third-order valence-electron chi connectivity index (χ3n) is 3.40. The van der Waals surface area contributed by atoms with Crippen LogP contribution < -0.4 is 15.8 Å². The second-order valence-corrected chi connectivity index (χ2v) is 4.85. The molecule has 1 rings (SSSR count). The quantitative estimate of drug-likeness (QED) is 0.711. The largest absolute Gasteiger partial charge is 0.496 e. The summed E-state index contributed by atoms with van der Waals surface area (Å²) in [5, 5.41) is 11.7. The average molecular weight is 280 g/mol. The van der Waals surface area contributed by atoms with Crippen molar-refractivity contribution in [1.82, 2.24) is 5.32 Å². The second-order valence-electron chi connectivity index (χ2n) is 4.85. The molecular formula is C14H20N2O4. The Bertz CT molecular complexity index is 542. The Balaban J connectivity index is 3.15. The lowest BCUT2D eigenvalue weighted by Crippen LogP contribution is -2.51. The lowest BCUT2D eigenvalue weighted by atomic mass is 9.98. The Morgan fingerprint density at radius 2 is 2.05 bits per heavy atom. The predicted octanol–water partition coefficient (Wildman–Crippen LogP) is 1.57. The van der Waals surface area contributed by atoms with Gasteiger partial charge in [0, 0.05) is 11.8 Å². The van der Waals surface area contributed by atoms with Gasteiger partial charge in [-0.25, -0.2) is 4.79 Å². The smallest absolute Gasteiger partial charge is 0.329 e. The minimum absolute atomic E-state index is 0.264. The first-order chi connectivity index (χ1) is 9.25. The molecule has 1 amide bonds. The van der Waals surface area contributed by atoms with Crippen LogP contribution in [0.5, 0.6) is 5.75 Å². The van der Waals surface area contributed by atoms with E-state index in [1.165, 1.54) is 14.0 Å². The van der Waals surface area contributed by atoms with Crippen LogP contribution in [0.4, 0.5) is 5.69 Å². The van der Waals surface area contributed by atoms with Crippen molar-refractivity contribution in [2.24, 2.45) is 0 Å². The topological polar surface area (TPSA) is 102 Å².